The number of hydrogen-bond acceptors (Lipinski definition) is 5. The smallest absolute Gasteiger partial charge is 0.264 e. The highest BCUT2D eigenvalue weighted by Crippen LogP contribution is 2.44. The lowest BCUT2D eigenvalue weighted by molar-refractivity contribution is -0.135. The molecule has 2 aromatic rings. The Morgan fingerprint density at radius 3 is 2.71 bits per heavy atom. The van der Waals surface area contributed by atoms with Gasteiger partial charge in [-0.1, -0.05) is 17.7 Å². The van der Waals surface area contributed by atoms with Crippen LogP contribution in [-0.4, -0.2) is 36.6 Å². The van der Waals surface area contributed by atoms with Crippen molar-refractivity contribution in [1.82, 2.24) is 0 Å². The number of amides is 1. The number of fused-ring (bicyclic) bond motifs is 2. The van der Waals surface area contributed by atoms with Gasteiger partial charge in [0.15, 0.2) is 22.9 Å². The summed E-state index contributed by atoms with van der Waals surface area (Å²) in [6.45, 7) is 4.72. The number of carbonyl (C=O) groups excluding carboxylic acids is 2. The second-order valence-corrected chi connectivity index (χ2v) is 7.12. The summed E-state index contributed by atoms with van der Waals surface area (Å²) in [4.78, 5) is 27.3. The third-order valence-corrected chi connectivity index (χ3v) is 5.12. The number of benzene rings is 2. The molecule has 6 nitrogen and oxygen atoms in total. The van der Waals surface area contributed by atoms with E-state index in [0.717, 1.165) is 0 Å². The van der Waals surface area contributed by atoms with Crippen LogP contribution >= 0.6 is 11.6 Å². The van der Waals surface area contributed by atoms with E-state index < -0.39 is 17.9 Å². The molecule has 0 bridgehead atoms. The van der Waals surface area contributed by atoms with Crippen molar-refractivity contribution in [3.8, 4) is 11.5 Å². The zero-order chi connectivity index (χ0) is 19.9. The molecule has 1 amide bonds. The van der Waals surface area contributed by atoms with Gasteiger partial charge in [0.05, 0.1) is 12.1 Å². The lowest BCUT2D eigenvalue weighted by atomic mass is 9.88. The summed E-state index contributed by atoms with van der Waals surface area (Å²) in [6.07, 6.45) is 1.15. The molecule has 1 unspecified atom stereocenters. The summed E-state index contributed by atoms with van der Waals surface area (Å²) in [5, 5.41) is 11.6. The largest absolute Gasteiger partial charge is 0.486 e. The van der Waals surface area contributed by atoms with E-state index in [-0.39, 0.29) is 12.3 Å². The molecule has 0 aromatic heterocycles. The molecule has 0 saturated heterocycles. The number of halogens is 1. The summed E-state index contributed by atoms with van der Waals surface area (Å²) in [5.74, 6) is 0.0704. The van der Waals surface area contributed by atoms with Gasteiger partial charge in [-0.3, -0.25) is 9.59 Å². The predicted octanol–water partition coefficient (Wildman–Crippen LogP) is 3.10. The van der Waals surface area contributed by atoms with Crippen molar-refractivity contribution < 1.29 is 24.2 Å². The van der Waals surface area contributed by atoms with E-state index in [4.69, 9.17) is 21.1 Å². The highest BCUT2D eigenvalue weighted by atomic mass is 35.5. The second-order valence-electron chi connectivity index (χ2n) is 6.68. The molecule has 144 valence electrons. The maximum Gasteiger partial charge on any atom is 0.264 e. The Morgan fingerprint density at radius 2 is 1.96 bits per heavy atom. The van der Waals surface area contributed by atoms with Crippen LogP contribution in [0.3, 0.4) is 0 Å². The third kappa shape index (κ3) is 2.95. The van der Waals surface area contributed by atoms with Crippen molar-refractivity contribution in [2.75, 3.05) is 24.7 Å². The number of carbonyl (C=O) groups is 2. The van der Waals surface area contributed by atoms with E-state index in [1.807, 2.05) is 0 Å². The van der Waals surface area contributed by atoms with Gasteiger partial charge in [-0.2, -0.15) is 0 Å². The molecule has 0 radical (unpaired) electrons. The van der Waals surface area contributed by atoms with Crippen molar-refractivity contribution in [3.05, 3.63) is 65.2 Å². The third-order valence-electron chi connectivity index (χ3n) is 4.89. The molecule has 28 heavy (non-hydrogen) atoms. The van der Waals surface area contributed by atoms with Gasteiger partial charge < -0.3 is 19.5 Å². The first kappa shape index (κ1) is 18.5. The fraction of sp³-hybridized carbons (Fsp3) is 0.238. The highest BCUT2D eigenvalue weighted by Gasteiger charge is 2.50. The van der Waals surface area contributed by atoms with Gasteiger partial charge in [0, 0.05) is 22.7 Å². The summed E-state index contributed by atoms with van der Waals surface area (Å²) in [6, 6.07) is 9.63. The first-order chi connectivity index (χ1) is 13.4. The normalized spacial score (nSPS) is 20.1. The Hall–Kier alpha value is -2.83. The monoisotopic (exact) mass is 399 g/mol. The molecule has 0 fully saturated rings. The van der Waals surface area contributed by atoms with Crippen molar-refractivity contribution in [2.45, 2.75) is 12.0 Å². The minimum atomic E-state index is -1.99. The van der Waals surface area contributed by atoms with Crippen LogP contribution in [0.4, 0.5) is 5.69 Å². The van der Waals surface area contributed by atoms with Gasteiger partial charge in [0.1, 0.15) is 13.2 Å². The van der Waals surface area contributed by atoms with Crippen LogP contribution < -0.4 is 14.4 Å². The first-order valence-electron chi connectivity index (χ1n) is 8.82. The van der Waals surface area contributed by atoms with Crippen molar-refractivity contribution in [2.24, 2.45) is 0 Å². The number of nitrogens with zero attached hydrogens (tertiary/aromatic N) is 1. The molecule has 2 aliphatic heterocycles. The zero-order valence-electron chi connectivity index (χ0n) is 15.0. The average molecular weight is 400 g/mol. The van der Waals surface area contributed by atoms with E-state index in [1.165, 1.54) is 11.0 Å². The number of ether oxygens (including phenoxy) is 2. The van der Waals surface area contributed by atoms with Crippen molar-refractivity contribution >= 4 is 29.0 Å². The van der Waals surface area contributed by atoms with Crippen LogP contribution in [0.2, 0.25) is 5.02 Å². The highest BCUT2D eigenvalue weighted by molar-refractivity contribution is 6.31. The molecule has 2 aromatic carbocycles. The van der Waals surface area contributed by atoms with Gasteiger partial charge >= 0.3 is 0 Å². The van der Waals surface area contributed by atoms with Gasteiger partial charge in [-0.25, -0.2) is 0 Å². The Kier molecular flexibility index (Phi) is 4.61. The van der Waals surface area contributed by atoms with Crippen molar-refractivity contribution in [1.29, 1.82) is 0 Å². The van der Waals surface area contributed by atoms with E-state index in [0.29, 0.717) is 46.5 Å². The lowest BCUT2D eigenvalue weighted by Gasteiger charge is -2.23. The number of hydrogen-bond donors (Lipinski definition) is 1. The number of aliphatic hydroxyl groups is 1. The number of ketones is 1. The topological polar surface area (TPSA) is 76.1 Å². The summed E-state index contributed by atoms with van der Waals surface area (Å²) >= 11 is 6.08. The zero-order valence-corrected chi connectivity index (χ0v) is 15.7. The molecule has 2 heterocycles. The Balaban J connectivity index is 1.68. The van der Waals surface area contributed by atoms with Crippen molar-refractivity contribution in [3.63, 3.8) is 0 Å². The number of Topliss-reactive ketones (excluding diaryl/α,β-unsaturated/α-hetero) is 1. The van der Waals surface area contributed by atoms with E-state index in [9.17, 15) is 14.7 Å². The van der Waals surface area contributed by atoms with Crippen LogP contribution in [-0.2, 0) is 10.4 Å². The lowest BCUT2D eigenvalue weighted by Crippen LogP contribution is -2.41. The van der Waals surface area contributed by atoms with Crippen LogP contribution in [0.25, 0.3) is 0 Å². The molecule has 2 aliphatic rings. The quantitative estimate of drug-likeness (QED) is 0.617. The molecule has 1 N–H and O–H groups in total. The Labute approximate surface area is 166 Å². The van der Waals surface area contributed by atoms with Crippen LogP contribution in [0.5, 0.6) is 11.5 Å². The molecule has 0 spiro atoms. The van der Waals surface area contributed by atoms with Gasteiger partial charge in [0.25, 0.3) is 5.91 Å². The predicted molar refractivity (Wildman–Crippen MR) is 104 cm³/mol. The molecule has 4 rings (SSSR count). The summed E-state index contributed by atoms with van der Waals surface area (Å²) in [5.41, 5.74) is -0.825. The maximum absolute atomic E-state index is 13.0. The molecular weight excluding hydrogens is 382 g/mol. The minimum Gasteiger partial charge on any atom is -0.486 e. The maximum atomic E-state index is 13.0. The fourth-order valence-electron chi connectivity index (χ4n) is 3.56. The fourth-order valence-corrected chi connectivity index (χ4v) is 3.73. The van der Waals surface area contributed by atoms with Gasteiger partial charge in [-0.15, -0.1) is 6.58 Å². The summed E-state index contributed by atoms with van der Waals surface area (Å²) < 4.78 is 11.0. The van der Waals surface area contributed by atoms with Gasteiger partial charge in [-0.05, 0) is 36.4 Å². The molecule has 0 aliphatic carbocycles. The van der Waals surface area contributed by atoms with E-state index in [2.05, 4.69) is 6.58 Å². The number of anilines is 1. The van der Waals surface area contributed by atoms with E-state index >= 15 is 0 Å². The van der Waals surface area contributed by atoms with Gasteiger partial charge in [0.2, 0.25) is 0 Å². The number of rotatable bonds is 5. The minimum absolute atomic E-state index is 0.216. The Morgan fingerprint density at radius 1 is 1.21 bits per heavy atom. The SMILES string of the molecule is C=CCN1C(=O)C(O)(CC(=O)c2ccc3c(c2)OCCO3)c2cc(Cl)ccc21. The summed E-state index contributed by atoms with van der Waals surface area (Å²) in [7, 11) is 0. The molecule has 0 saturated carbocycles. The standard InChI is InChI=1S/C21H18ClNO5/c1-2-7-23-16-5-4-14(22)11-15(16)21(26,20(23)25)12-17(24)13-3-6-18-19(10-13)28-9-8-27-18/h2-6,10-11,26H,1,7-9,12H2. The molecule has 1 atom stereocenters. The van der Waals surface area contributed by atoms with Crippen LogP contribution in [0.15, 0.2) is 49.1 Å². The van der Waals surface area contributed by atoms with Crippen LogP contribution in [0.1, 0.15) is 22.3 Å². The Bertz CT molecular complexity index is 989. The average Bonchev–Trinajstić information content (AvgIpc) is 2.89. The second kappa shape index (κ2) is 6.96. The molecule has 7 heteroatoms. The van der Waals surface area contributed by atoms with Crippen LogP contribution in [0, 0.1) is 0 Å². The molecular formula is C21H18ClNO5. The van der Waals surface area contributed by atoms with E-state index in [1.54, 1.807) is 36.4 Å². The first-order valence-corrected chi connectivity index (χ1v) is 9.20.